The number of aliphatic imine (C=N–C) groups is 1. The van der Waals surface area contributed by atoms with Gasteiger partial charge < -0.3 is 19.9 Å². The topological polar surface area (TPSA) is 40.1 Å². The first kappa shape index (κ1) is 23.0. The van der Waals surface area contributed by atoms with E-state index in [2.05, 4.69) is 34.0 Å². The molecule has 6 heteroatoms. The van der Waals surface area contributed by atoms with E-state index in [1.165, 1.54) is 45.3 Å². The molecule has 25 heavy (non-hydrogen) atoms. The lowest BCUT2D eigenvalue weighted by Gasteiger charge is -2.32. The molecule has 2 saturated heterocycles. The van der Waals surface area contributed by atoms with Crippen molar-refractivity contribution in [1.29, 1.82) is 0 Å². The van der Waals surface area contributed by atoms with Gasteiger partial charge in [-0.15, -0.1) is 24.0 Å². The van der Waals surface area contributed by atoms with Crippen LogP contribution in [0.5, 0.6) is 0 Å². The van der Waals surface area contributed by atoms with Crippen molar-refractivity contribution < 1.29 is 4.74 Å². The maximum absolute atomic E-state index is 5.18. The third-order valence-corrected chi connectivity index (χ3v) is 5.47. The highest BCUT2D eigenvalue weighted by Gasteiger charge is 2.26. The van der Waals surface area contributed by atoms with Crippen LogP contribution in [0.2, 0.25) is 0 Å². The monoisotopic (exact) mass is 466 g/mol. The molecule has 0 saturated carbocycles. The quantitative estimate of drug-likeness (QED) is 0.356. The molecular formula is C19H39IN4O. The Morgan fingerprint density at radius 1 is 1.16 bits per heavy atom. The molecule has 1 atom stereocenters. The Morgan fingerprint density at radius 3 is 2.44 bits per heavy atom. The predicted octanol–water partition coefficient (Wildman–Crippen LogP) is 2.91. The van der Waals surface area contributed by atoms with Crippen molar-refractivity contribution >= 4 is 29.9 Å². The van der Waals surface area contributed by atoms with Gasteiger partial charge in [0.25, 0.3) is 0 Å². The van der Waals surface area contributed by atoms with Crippen LogP contribution < -0.4 is 5.32 Å². The molecular weight excluding hydrogens is 427 g/mol. The van der Waals surface area contributed by atoms with E-state index in [1.807, 2.05) is 7.05 Å². The third kappa shape index (κ3) is 7.99. The van der Waals surface area contributed by atoms with Crippen molar-refractivity contribution in [3.05, 3.63) is 0 Å². The molecule has 2 fully saturated rings. The van der Waals surface area contributed by atoms with Crippen LogP contribution in [-0.4, -0.2) is 75.8 Å². The zero-order valence-electron chi connectivity index (χ0n) is 16.7. The van der Waals surface area contributed by atoms with E-state index in [-0.39, 0.29) is 24.0 Å². The maximum Gasteiger partial charge on any atom is 0.193 e. The lowest BCUT2D eigenvalue weighted by Crippen LogP contribution is -2.44. The van der Waals surface area contributed by atoms with Gasteiger partial charge in [-0.1, -0.05) is 13.8 Å². The fraction of sp³-hybridized carbons (Fsp3) is 0.947. The highest BCUT2D eigenvalue weighted by molar-refractivity contribution is 14.0. The number of hydrogen-bond donors (Lipinski definition) is 1. The first-order valence-corrected chi connectivity index (χ1v) is 9.79. The largest absolute Gasteiger partial charge is 0.383 e. The van der Waals surface area contributed by atoms with E-state index in [9.17, 15) is 0 Å². The SMILES string of the molecule is CN=C(NCC1CCN(CCOC)CC1)N1CCC(CC(C)C)C1.I. The van der Waals surface area contributed by atoms with Gasteiger partial charge in [-0.25, -0.2) is 0 Å². The third-order valence-electron chi connectivity index (χ3n) is 5.47. The van der Waals surface area contributed by atoms with Crippen molar-refractivity contribution in [3.8, 4) is 0 Å². The Kier molecular flexibility index (Phi) is 11.3. The van der Waals surface area contributed by atoms with E-state index in [0.29, 0.717) is 0 Å². The van der Waals surface area contributed by atoms with Gasteiger partial charge in [-0.2, -0.15) is 0 Å². The predicted molar refractivity (Wildman–Crippen MR) is 117 cm³/mol. The number of ether oxygens (including phenoxy) is 1. The van der Waals surface area contributed by atoms with Gasteiger partial charge in [0.1, 0.15) is 0 Å². The van der Waals surface area contributed by atoms with Crippen LogP contribution in [0.1, 0.15) is 39.5 Å². The van der Waals surface area contributed by atoms with Gasteiger partial charge in [0.2, 0.25) is 0 Å². The van der Waals surface area contributed by atoms with Crippen LogP contribution in [-0.2, 0) is 4.74 Å². The van der Waals surface area contributed by atoms with Crippen molar-refractivity contribution in [3.63, 3.8) is 0 Å². The molecule has 2 heterocycles. The molecule has 0 aliphatic carbocycles. The van der Waals surface area contributed by atoms with E-state index >= 15 is 0 Å². The van der Waals surface area contributed by atoms with E-state index in [1.54, 1.807) is 7.11 Å². The number of nitrogens with one attached hydrogen (secondary N) is 1. The summed E-state index contributed by atoms with van der Waals surface area (Å²) < 4.78 is 5.18. The van der Waals surface area contributed by atoms with Gasteiger partial charge >= 0.3 is 0 Å². The first-order chi connectivity index (χ1) is 11.6. The summed E-state index contributed by atoms with van der Waals surface area (Å²) >= 11 is 0. The van der Waals surface area contributed by atoms with Crippen molar-refractivity contribution in [1.82, 2.24) is 15.1 Å². The summed E-state index contributed by atoms with van der Waals surface area (Å²) in [7, 11) is 3.71. The number of hydrogen-bond acceptors (Lipinski definition) is 3. The van der Waals surface area contributed by atoms with Gasteiger partial charge in [0, 0.05) is 40.3 Å². The second kappa shape index (κ2) is 12.3. The minimum absolute atomic E-state index is 0. The zero-order valence-corrected chi connectivity index (χ0v) is 19.0. The molecule has 2 aliphatic heterocycles. The fourth-order valence-electron chi connectivity index (χ4n) is 4.09. The maximum atomic E-state index is 5.18. The van der Waals surface area contributed by atoms with Crippen LogP contribution in [0.25, 0.3) is 0 Å². The normalized spacial score (nSPS) is 23.2. The second-order valence-corrected chi connectivity index (χ2v) is 7.94. The summed E-state index contributed by atoms with van der Waals surface area (Å²) in [6.07, 6.45) is 5.22. The molecule has 2 aliphatic rings. The average Bonchev–Trinajstić information content (AvgIpc) is 3.02. The first-order valence-electron chi connectivity index (χ1n) is 9.79. The molecule has 0 aromatic rings. The van der Waals surface area contributed by atoms with Crippen molar-refractivity contribution in [2.24, 2.45) is 22.7 Å². The number of guanidine groups is 1. The highest BCUT2D eigenvalue weighted by atomic mass is 127. The Labute approximate surface area is 172 Å². The van der Waals surface area contributed by atoms with Crippen molar-refractivity contribution in [2.45, 2.75) is 39.5 Å². The lowest BCUT2D eigenvalue weighted by atomic mass is 9.96. The van der Waals surface area contributed by atoms with Crippen LogP contribution in [0.15, 0.2) is 4.99 Å². The second-order valence-electron chi connectivity index (χ2n) is 7.94. The Balaban J connectivity index is 0.00000312. The molecule has 0 aromatic heterocycles. The summed E-state index contributed by atoms with van der Waals surface area (Å²) in [5.74, 6) is 3.53. The molecule has 0 bridgehead atoms. The molecule has 0 amide bonds. The number of piperidine rings is 1. The summed E-state index contributed by atoms with van der Waals surface area (Å²) in [5, 5.41) is 3.65. The molecule has 0 spiro atoms. The van der Waals surface area contributed by atoms with Crippen LogP contribution >= 0.6 is 24.0 Å². The molecule has 1 N–H and O–H groups in total. The molecule has 148 valence electrons. The summed E-state index contributed by atoms with van der Waals surface area (Å²) in [6, 6.07) is 0. The zero-order chi connectivity index (χ0) is 17.4. The molecule has 0 radical (unpaired) electrons. The number of halogens is 1. The van der Waals surface area contributed by atoms with Gasteiger partial charge in [0.05, 0.1) is 6.61 Å². The number of likely N-dealkylation sites (tertiary alicyclic amines) is 2. The average molecular weight is 466 g/mol. The standard InChI is InChI=1S/C19H38N4O.HI/c1-16(2)13-18-7-10-23(15-18)19(20-3)21-14-17-5-8-22(9-6-17)11-12-24-4;/h16-18H,5-15H2,1-4H3,(H,20,21);1H. The Hall–Kier alpha value is -0.0800. The number of rotatable bonds is 7. The summed E-state index contributed by atoms with van der Waals surface area (Å²) in [5.41, 5.74) is 0. The van der Waals surface area contributed by atoms with E-state index in [4.69, 9.17) is 4.74 Å². The van der Waals surface area contributed by atoms with Crippen molar-refractivity contribution in [2.75, 3.05) is 60.0 Å². The van der Waals surface area contributed by atoms with Gasteiger partial charge in [0.15, 0.2) is 5.96 Å². The summed E-state index contributed by atoms with van der Waals surface area (Å²) in [6.45, 7) is 12.4. The van der Waals surface area contributed by atoms with Gasteiger partial charge in [-0.3, -0.25) is 4.99 Å². The highest BCUT2D eigenvalue weighted by Crippen LogP contribution is 2.23. The van der Waals surface area contributed by atoms with Crippen LogP contribution in [0.3, 0.4) is 0 Å². The minimum atomic E-state index is 0. The lowest BCUT2D eigenvalue weighted by molar-refractivity contribution is 0.120. The number of methoxy groups -OCH3 is 1. The molecule has 1 unspecified atom stereocenters. The van der Waals surface area contributed by atoms with Gasteiger partial charge in [-0.05, 0) is 56.5 Å². The summed E-state index contributed by atoms with van der Waals surface area (Å²) in [4.78, 5) is 9.51. The smallest absolute Gasteiger partial charge is 0.193 e. The Morgan fingerprint density at radius 2 is 1.84 bits per heavy atom. The van der Waals surface area contributed by atoms with E-state index in [0.717, 1.165) is 50.0 Å². The molecule has 2 rings (SSSR count). The Bertz CT molecular complexity index is 384. The van der Waals surface area contributed by atoms with Crippen LogP contribution in [0.4, 0.5) is 0 Å². The molecule has 0 aromatic carbocycles. The minimum Gasteiger partial charge on any atom is -0.383 e. The fourth-order valence-corrected chi connectivity index (χ4v) is 4.09. The molecule has 5 nitrogen and oxygen atoms in total. The van der Waals surface area contributed by atoms with Crippen LogP contribution in [0, 0.1) is 17.8 Å². The van der Waals surface area contributed by atoms with E-state index < -0.39 is 0 Å². The number of nitrogens with zero attached hydrogens (tertiary/aromatic N) is 3.